The second kappa shape index (κ2) is 8.44. The quantitative estimate of drug-likeness (QED) is 0.802. The van der Waals surface area contributed by atoms with Gasteiger partial charge in [0.05, 0.1) is 18.8 Å². The Balaban J connectivity index is 1.90. The standard InChI is InChI=1S/C17H22FN3O3/c1-4-14(24-15-8-6-5-7-13(15)18)17(22)19-9-12-11-23-16(20-12)10-21(2)3/h5-8,11,14H,4,9-10H2,1-3H3,(H,19,22). The second-order valence-corrected chi connectivity index (χ2v) is 5.63. The number of oxazole rings is 1. The number of benzene rings is 1. The largest absolute Gasteiger partial charge is 0.478 e. The summed E-state index contributed by atoms with van der Waals surface area (Å²) >= 11 is 0. The molecule has 6 nitrogen and oxygen atoms in total. The Labute approximate surface area is 140 Å². The van der Waals surface area contributed by atoms with Gasteiger partial charge in [-0.05, 0) is 32.6 Å². The Morgan fingerprint density at radius 2 is 2.17 bits per heavy atom. The minimum Gasteiger partial charge on any atom is -0.478 e. The Kier molecular flexibility index (Phi) is 6.31. The molecule has 7 heteroatoms. The van der Waals surface area contributed by atoms with Gasteiger partial charge in [-0.15, -0.1) is 0 Å². The molecule has 2 rings (SSSR count). The van der Waals surface area contributed by atoms with E-state index in [-0.39, 0.29) is 18.2 Å². The molecule has 0 aliphatic heterocycles. The van der Waals surface area contributed by atoms with Crippen LogP contribution >= 0.6 is 0 Å². The summed E-state index contributed by atoms with van der Waals surface area (Å²) in [6, 6.07) is 6.02. The first-order chi connectivity index (χ1) is 11.5. The summed E-state index contributed by atoms with van der Waals surface area (Å²) in [6.07, 6.45) is 1.16. The number of halogens is 1. The minimum absolute atomic E-state index is 0.0641. The van der Waals surface area contributed by atoms with Gasteiger partial charge in [0.25, 0.3) is 5.91 Å². The number of hydrogen-bond acceptors (Lipinski definition) is 5. The highest BCUT2D eigenvalue weighted by Gasteiger charge is 2.20. The van der Waals surface area contributed by atoms with Crippen LogP contribution in [-0.4, -0.2) is 36.0 Å². The van der Waals surface area contributed by atoms with Gasteiger partial charge in [-0.25, -0.2) is 9.37 Å². The molecule has 0 bridgehead atoms. The van der Waals surface area contributed by atoms with E-state index in [2.05, 4.69) is 10.3 Å². The van der Waals surface area contributed by atoms with Crippen LogP contribution < -0.4 is 10.1 Å². The normalized spacial score (nSPS) is 12.2. The molecule has 24 heavy (non-hydrogen) atoms. The van der Waals surface area contributed by atoms with Crippen LogP contribution in [-0.2, 0) is 17.9 Å². The van der Waals surface area contributed by atoms with E-state index >= 15 is 0 Å². The van der Waals surface area contributed by atoms with Crippen LogP contribution in [0.5, 0.6) is 5.75 Å². The molecule has 1 N–H and O–H groups in total. The van der Waals surface area contributed by atoms with Gasteiger partial charge in [-0.2, -0.15) is 0 Å². The average Bonchev–Trinajstić information content (AvgIpc) is 2.98. The van der Waals surface area contributed by atoms with Gasteiger partial charge in [0, 0.05) is 0 Å². The van der Waals surface area contributed by atoms with Gasteiger partial charge in [-0.3, -0.25) is 4.79 Å². The van der Waals surface area contributed by atoms with Gasteiger partial charge >= 0.3 is 0 Å². The van der Waals surface area contributed by atoms with Gasteiger partial charge in [-0.1, -0.05) is 19.1 Å². The van der Waals surface area contributed by atoms with E-state index in [0.29, 0.717) is 24.6 Å². The van der Waals surface area contributed by atoms with E-state index in [1.807, 2.05) is 19.0 Å². The molecule has 1 unspecified atom stereocenters. The Morgan fingerprint density at radius 3 is 2.83 bits per heavy atom. The zero-order chi connectivity index (χ0) is 17.5. The van der Waals surface area contributed by atoms with Crippen LogP contribution in [0.25, 0.3) is 0 Å². The van der Waals surface area contributed by atoms with Crippen molar-refractivity contribution in [1.82, 2.24) is 15.2 Å². The molecular formula is C17H22FN3O3. The minimum atomic E-state index is -0.768. The molecule has 0 saturated carbocycles. The molecule has 0 aliphatic carbocycles. The lowest BCUT2D eigenvalue weighted by atomic mass is 10.2. The summed E-state index contributed by atoms with van der Waals surface area (Å²) < 4.78 is 24.4. The van der Waals surface area contributed by atoms with Crippen LogP contribution in [0.4, 0.5) is 4.39 Å². The molecular weight excluding hydrogens is 313 g/mol. The van der Waals surface area contributed by atoms with E-state index in [1.165, 1.54) is 18.4 Å². The summed E-state index contributed by atoms with van der Waals surface area (Å²) in [6.45, 7) is 2.62. The number of para-hydroxylation sites is 1. The molecule has 1 atom stereocenters. The number of nitrogens with zero attached hydrogens (tertiary/aromatic N) is 2. The van der Waals surface area contributed by atoms with E-state index in [1.54, 1.807) is 19.1 Å². The third-order valence-electron chi connectivity index (χ3n) is 3.26. The van der Waals surface area contributed by atoms with Gasteiger partial charge in [0.1, 0.15) is 6.26 Å². The fraction of sp³-hybridized carbons (Fsp3) is 0.412. The van der Waals surface area contributed by atoms with Gasteiger partial charge in [0.15, 0.2) is 17.7 Å². The van der Waals surface area contributed by atoms with Gasteiger partial charge < -0.3 is 19.4 Å². The van der Waals surface area contributed by atoms with Crippen LogP contribution in [0.2, 0.25) is 0 Å². The van der Waals surface area contributed by atoms with Crippen LogP contribution in [0, 0.1) is 5.82 Å². The Hall–Kier alpha value is -2.41. The SMILES string of the molecule is CCC(Oc1ccccc1F)C(=O)NCc1coc(CN(C)C)n1. The highest BCUT2D eigenvalue weighted by molar-refractivity contribution is 5.81. The molecule has 1 aromatic heterocycles. The van der Waals surface area contributed by atoms with Crippen molar-refractivity contribution in [2.24, 2.45) is 0 Å². The first-order valence-corrected chi connectivity index (χ1v) is 7.76. The summed E-state index contributed by atoms with van der Waals surface area (Å²) in [5, 5.41) is 2.73. The van der Waals surface area contributed by atoms with Crippen molar-refractivity contribution >= 4 is 5.91 Å². The van der Waals surface area contributed by atoms with Gasteiger partial charge in [0.2, 0.25) is 5.89 Å². The Morgan fingerprint density at radius 1 is 1.42 bits per heavy atom. The van der Waals surface area contributed by atoms with E-state index < -0.39 is 11.9 Å². The number of nitrogens with one attached hydrogen (secondary N) is 1. The highest BCUT2D eigenvalue weighted by Crippen LogP contribution is 2.18. The predicted molar refractivity (Wildman–Crippen MR) is 86.8 cm³/mol. The van der Waals surface area contributed by atoms with E-state index in [4.69, 9.17) is 9.15 Å². The van der Waals surface area contributed by atoms with Crippen LogP contribution in [0.3, 0.4) is 0 Å². The topological polar surface area (TPSA) is 67.6 Å². The van der Waals surface area contributed by atoms with Crippen LogP contribution in [0.1, 0.15) is 24.9 Å². The molecule has 1 amide bonds. The number of carbonyl (C=O) groups is 1. The lowest BCUT2D eigenvalue weighted by Gasteiger charge is -2.17. The summed E-state index contributed by atoms with van der Waals surface area (Å²) in [5.41, 5.74) is 0.626. The smallest absolute Gasteiger partial charge is 0.261 e. The molecule has 0 radical (unpaired) electrons. The second-order valence-electron chi connectivity index (χ2n) is 5.63. The fourth-order valence-electron chi connectivity index (χ4n) is 2.08. The van der Waals surface area contributed by atoms with Crippen molar-refractivity contribution in [2.45, 2.75) is 32.5 Å². The number of carbonyl (C=O) groups excluding carboxylic acids is 1. The number of ether oxygens (including phenoxy) is 1. The molecule has 0 aliphatic rings. The van der Waals surface area contributed by atoms with Crippen molar-refractivity contribution in [3.05, 3.63) is 47.9 Å². The van der Waals surface area contributed by atoms with Crippen LogP contribution in [0.15, 0.2) is 34.9 Å². The molecule has 0 spiro atoms. The third kappa shape index (κ3) is 5.06. The maximum Gasteiger partial charge on any atom is 0.261 e. The lowest BCUT2D eigenvalue weighted by molar-refractivity contribution is -0.128. The monoisotopic (exact) mass is 335 g/mol. The maximum atomic E-state index is 13.6. The zero-order valence-electron chi connectivity index (χ0n) is 14.1. The number of amides is 1. The highest BCUT2D eigenvalue weighted by atomic mass is 19.1. The number of rotatable bonds is 8. The molecule has 1 heterocycles. The van der Waals surface area contributed by atoms with Crippen molar-refractivity contribution in [3.63, 3.8) is 0 Å². The van der Waals surface area contributed by atoms with E-state index in [0.717, 1.165) is 0 Å². The lowest BCUT2D eigenvalue weighted by Crippen LogP contribution is -2.37. The van der Waals surface area contributed by atoms with Crippen molar-refractivity contribution in [3.8, 4) is 5.75 Å². The molecule has 0 fully saturated rings. The number of aromatic nitrogens is 1. The first-order valence-electron chi connectivity index (χ1n) is 7.76. The molecule has 2 aromatic rings. The molecule has 1 aromatic carbocycles. The summed E-state index contributed by atoms with van der Waals surface area (Å²) in [5.74, 6) is -0.167. The van der Waals surface area contributed by atoms with Crippen molar-refractivity contribution < 1.29 is 18.3 Å². The Bertz CT molecular complexity index is 673. The summed E-state index contributed by atoms with van der Waals surface area (Å²) in [4.78, 5) is 18.4. The number of hydrogen-bond donors (Lipinski definition) is 1. The van der Waals surface area contributed by atoms with E-state index in [9.17, 15) is 9.18 Å². The predicted octanol–water partition coefficient (Wildman–Crippen LogP) is 2.35. The average molecular weight is 335 g/mol. The van der Waals surface area contributed by atoms with Crippen molar-refractivity contribution in [2.75, 3.05) is 14.1 Å². The summed E-state index contributed by atoms with van der Waals surface area (Å²) in [7, 11) is 3.83. The first kappa shape index (κ1) is 17.9. The molecule has 130 valence electrons. The van der Waals surface area contributed by atoms with Crippen molar-refractivity contribution in [1.29, 1.82) is 0 Å². The molecule has 0 saturated heterocycles. The fourth-order valence-corrected chi connectivity index (χ4v) is 2.08. The maximum absolute atomic E-state index is 13.6. The zero-order valence-corrected chi connectivity index (χ0v) is 14.1. The third-order valence-corrected chi connectivity index (χ3v) is 3.26.